The van der Waals surface area contributed by atoms with E-state index in [1.807, 2.05) is 31.2 Å². The number of hydrogen-bond donors (Lipinski definition) is 2. The molecule has 1 amide bonds. The molecule has 2 N–H and O–H groups in total. The van der Waals surface area contributed by atoms with E-state index in [9.17, 15) is 4.79 Å². The standard InChI is InChI=1S/C16H15N7O/c1-2-23-13(24)8-18-15-16(23)21-12(7-17-15)10-3-5-11(6-4-10)14-19-9-20-22-14/h3-7,9H,2,8H2,1H3,(H,17,18)(H,19,20,22). The predicted molar refractivity (Wildman–Crippen MR) is 89.4 cm³/mol. The number of fused-ring (bicyclic) bond motifs is 1. The van der Waals surface area contributed by atoms with Crippen LogP contribution in [-0.2, 0) is 4.79 Å². The second-order valence-electron chi connectivity index (χ2n) is 5.33. The van der Waals surface area contributed by atoms with Crippen LogP contribution in [0, 0.1) is 0 Å². The fourth-order valence-corrected chi connectivity index (χ4v) is 2.68. The van der Waals surface area contributed by atoms with Crippen molar-refractivity contribution in [3.63, 3.8) is 0 Å². The van der Waals surface area contributed by atoms with Crippen molar-refractivity contribution in [2.45, 2.75) is 6.92 Å². The summed E-state index contributed by atoms with van der Waals surface area (Å²) in [5.41, 5.74) is 2.57. The molecule has 24 heavy (non-hydrogen) atoms. The van der Waals surface area contributed by atoms with Crippen molar-refractivity contribution >= 4 is 17.5 Å². The molecule has 0 fully saturated rings. The summed E-state index contributed by atoms with van der Waals surface area (Å²) in [5.74, 6) is 1.92. The van der Waals surface area contributed by atoms with Crippen molar-refractivity contribution in [3.05, 3.63) is 36.8 Å². The molecule has 4 rings (SSSR count). The number of likely N-dealkylation sites (N-methyl/N-ethyl adjacent to an activating group) is 1. The Morgan fingerprint density at radius 2 is 2.00 bits per heavy atom. The Morgan fingerprint density at radius 3 is 2.71 bits per heavy atom. The van der Waals surface area contributed by atoms with Crippen LogP contribution >= 0.6 is 0 Å². The first kappa shape index (κ1) is 14.3. The molecule has 8 heteroatoms. The smallest absolute Gasteiger partial charge is 0.247 e. The molecule has 0 aliphatic carbocycles. The van der Waals surface area contributed by atoms with E-state index < -0.39 is 0 Å². The number of aromatic nitrogens is 5. The van der Waals surface area contributed by atoms with Gasteiger partial charge < -0.3 is 10.3 Å². The maximum atomic E-state index is 12.0. The van der Waals surface area contributed by atoms with Crippen LogP contribution in [0.1, 0.15) is 6.92 Å². The van der Waals surface area contributed by atoms with Gasteiger partial charge in [0.15, 0.2) is 17.5 Å². The number of nitrogens with zero attached hydrogens (tertiary/aromatic N) is 5. The summed E-state index contributed by atoms with van der Waals surface area (Å²) in [7, 11) is 0. The molecular weight excluding hydrogens is 306 g/mol. The van der Waals surface area contributed by atoms with Crippen LogP contribution in [0.3, 0.4) is 0 Å². The number of hydrogen-bond acceptors (Lipinski definition) is 6. The molecule has 1 aromatic carbocycles. The molecule has 1 aliphatic rings. The molecule has 0 saturated heterocycles. The molecule has 120 valence electrons. The summed E-state index contributed by atoms with van der Waals surface area (Å²) >= 11 is 0. The van der Waals surface area contributed by atoms with Gasteiger partial charge in [0.25, 0.3) is 0 Å². The predicted octanol–water partition coefficient (Wildman–Crippen LogP) is 1.71. The van der Waals surface area contributed by atoms with E-state index in [0.29, 0.717) is 29.7 Å². The molecule has 0 radical (unpaired) electrons. The summed E-state index contributed by atoms with van der Waals surface area (Å²) < 4.78 is 0. The molecule has 2 aromatic heterocycles. The Hall–Kier alpha value is -3.29. The van der Waals surface area contributed by atoms with Gasteiger partial charge in [0.2, 0.25) is 5.91 Å². The third-order valence-electron chi connectivity index (χ3n) is 3.90. The summed E-state index contributed by atoms with van der Waals surface area (Å²) in [4.78, 5) is 25.6. The summed E-state index contributed by atoms with van der Waals surface area (Å²) in [6.07, 6.45) is 3.25. The van der Waals surface area contributed by atoms with Gasteiger partial charge in [0.05, 0.1) is 18.4 Å². The van der Waals surface area contributed by atoms with Crippen LogP contribution in [0.5, 0.6) is 0 Å². The Labute approximate surface area is 138 Å². The van der Waals surface area contributed by atoms with Crippen molar-refractivity contribution in [1.82, 2.24) is 25.1 Å². The maximum absolute atomic E-state index is 12.0. The van der Waals surface area contributed by atoms with Gasteiger partial charge in [-0.2, -0.15) is 0 Å². The van der Waals surface area contributed by atoms with Crippen LogP contribution < -0.4 is 10.2 Å². The first-order chi connectivity index (χ1) is 11.8. The molecule has 0 spiro atoms. The van der Waals surface area contributed by atoms with Gasteiger partial charge in [-0.25, -0.2) is 9.97 Å². The largest absolute Gasteiger partial charge is 0.358 e. The zero-order valence-electron chi connectivity index (χ0n) is 13.0. The van der Waals surface area contributed by atoms with E-state index in [-0.39, 0.29) is 12.5 Å². The fraction of sp³-hybridized carbons (Fsp3) is 0.188. The van der Waals surface area contributed by atoms with Crippen molar-refractivity contribution in [2.24, 2.45) is 0 Å². The fourth-order valence-electron chi connectivity index (χ4n) is 2.68. The SMILES string of the molecule is CCN1C(=O)CNc2ncc(-c3ccc(-c4nnc[nH]4)cc3)nc21. The number of benzene rings is 1. The van der Waals surface area contributed by atoms with Gasteiger partial charge in [-0.1, -0.05) is 24.3 Å². The van der Waals surface area contributed by atoms with E-state index in [1.54, 1.807) is 17.4 Å². The Kier molecular flexibility index (Phi) is 3.42. The van der Waals surface area contributed by atoms with Gasteiger partial charge >= 0.3 is 0 Å². The van der Waals surface area contributed by atoms with E-state index in [0.717, 1.165) is 11.1 Å². The lowest BCUT2D eigenvalue weighted by Crippen LogP contribution is -2.40. The molecule has 0 unspecified atom stereocenters. The highest BCUT2D eigenvalue weighted by Gasteiger charge is 2.25. The highest BCUT2D eigenvalue weighted by molar-refractivity contribution is 6.00. The summed E-state index contributed by atoms with van der Waals surface area (Å²) in [6, 6.07) is 7.78. The highest BCUT2D eigenvalue weighted by Crippen LogP contribution is 2.29. The van der Waals surface area contributed by atoms with Crippen molar-refractivity contribution in [2.75, 3.05) is 23.3 Å². The van der Waals surface area contributed by atoms with Crippen LogP contribution in [0.4, 0.5) is 11.6 Å². The molecule has 8 nitrogen and oxygen atoms in total. The number of anilines is 2. The Morgan fingerprint density at radius 1 is 1.21 bits per heavy atom. The second-order valence-corrected chi connectivity index (χ2v) is 5.33. The number of nitrogens with one attached hydrogen (secondary N) is 2. The van der Waals surface area contributed by atoms with Gasteiger partial charge in [0, 0.05) is 17.7 Å². The van der Waals surface area contributed by atoms with Gasteiger partial charge in [-0.15, -0.1) is 10.2 Å². The molecule has 0 bridgehead atoms. The number of H-pyrrole nitrogens is 1. The van der Waals surface area contributed by atoms with E-state index >= 15 is 0 Å². The van der Waals surface area contributed by atoms with E-state index in [2.05, 4.69) is 30.5 Å². The molecule has 0 saturated carbocycles. The third kappa shape index (κ3) is 2.37. The van der Waals surface area contributed by atoms with Gasteiger partial charge in [-0.05, 0) is 6.92 Å². The van der Waals surface area contributed by atoms with Crippen molar-refractivity contribution in [1.29, 1.82) is 0 Å². The molecular formula is C16H15N7O. The first-order valence-corrected chi connectivity index (χ1v) is 7.64. The second kappa shape index (κ2) is 5.73. The minimum atomic E-state index is -0.00267. The van der Waals surface area contributed by atoms with Gasteiger partial charge in [-0.3, -0.25) is 9.69 Å². The Bertz CT molecular complexity index is 874. The lowest BCUT2D eigenvalue weighted by Gasteiger charge is -2.27. The summed E-state index contributed by atoms with van der Waals surface area (Å²) in [5, 5.41) is 10.8. The number of amides is 1. The monoisotopic (exact) mass is 321 g/mol. The lowest BCUT2D eigenvalue weighted by atomic mass is 10.1. The number of carbonyl (C=O) groups excluding carboxylic acids is 1. The van der Waals surface area contributed by atoms with Crippen molar-refractivity contribution in [3.8, 4) is 22.6 Å². The molecule has 1 aliphatic heterocycles. The average molecular weight is 321 g/mol. The quantitative estimate of drug-likeness (QED) is 0.762. The molecule has 0 atom stereocenters. The topological polar surface area (TPSA) is 99.7 Å². The molecule has 3 heterocycles. The lowest BCUT2D eigenvalue weighted by molar-refractivity contribution is -0.117. The van der Waals surface area contributed by atoms with Gasteiger partial charge in [0.1, 0.15) is 6.33 Å². The number of aromatic amines is 1. The van der Waals surface area contributed by atoms with Crippen LogP contribution in [0.15, 0.2) is 36.8 Å². The third-order valence-corrected chi connectivity index (χ3v) is 3.90. The zero-order chi connectivity index (χ0) is 16.5. The zero-order valence-corrected chi connectivity index (χ0v) is 13.0. The molecule has 3 aromatic rings. The van der Waals surface area contributed by atoms with Crippen LogP contribution in [0.2, 0.25) is 0 Å². The maximum Gasteiger partial charge on any atom is 0.247 e. The van der Waals surface area contributed by atoms with E-state index in [1.165, 1.54) is 0 Å². The Balaban J connectivity index is 1.70. The van der Waals surface area contributed by atoms with Crippen molar-refractivity contribution < 1.29 is 4.79 Å². The number of rotatable bonds is 3. The van der Waals surface area contributed by atoms with Crippen LogP contribution in [0.25, 0.3) is 22.6 Å². The summed E-state index contributed by atoms with van der Waals surface area (Å²) in [6.45, 7) is 2.74. The highest BCUT2D eigenvalue weighted by atomic mass is 16.2. The first-order valence-electron chi connectivity index (χ1n) is 7.64. The normalized spacial score (nSPS) is 13.5. The minimum Gasteiger partial charge on any atom is -0.358 e. The van der Waals surface area contributed by atoms with E-state index in [4.69, 9.17) is 0 Å². The minimum absolute atomic E-state index is 0.00267. The average Bonchev–Trinajstić information content (AvgIpc) is 3.16. The number of carbonyl (C=O) groups is 1. The van der Waals surface area contributed by atoms with Crippen LogP contribution in [-0.4, -0.2) is 44.1 Å².